The van der Waals surface area contributed by atoms with Crippen LogP contribution in [0.5, 0.6) is 0 Å². The Morgan fingerprint density at radius 1 is 1.33 bits per heavy atom. The fourth-order valence-electron chi connectivity index (χ4n) is 3.17. The van der Waals surface area contributed by atoms with Crippen molar-refractivity contribution in [1.82, 2.24) is 0 Å². The quantitative estimate of drug-likeness (QED) is 0.794. The number of rotatable bonds is 3. The molecule has 1 aliphatic heterocycles. The van der Waals surface area contributed by atoms with Crippen LogP contribution in [0.3, 0.4) is 0 Å². The molecule has 1 aromatic carbocycles. The number of halogens is 3. The summed E-state index contributed by atoms with van der Waals surface area (Å²) in [5, 5.41) is 10.3. The highest BCUT2D eigenvalue weighted by Gasteiger charge is 2.45. The van der Waals surface area contributed by atoms with Gasteiger partial charge in [-0.1, -0.05) is 18.2 Å². The third-order valence-corrected chi connectivity index (χ3v) is 4.23. The van der Waals surface area contributed by atoms with Crippen molar-refractivity contribution in [2.24, 2.45) is 0 Å². The number of benzene rings is 1. The second-order valence-corrected chi connectivity index (χ2v) is 5.88. The molecule has 0 amide bonds. The number of ether oxygens (including phenoxy) is 3. The molecule has 0 aromatic heterocycles. The van der Waals surface area contributed by atoms with Gasteiger partial charge >= 0.3 is 18.3 Å². The Kier molecular flexibility index (Phi) is 4.86. The van der Waals surface area contributed by atoms with E-state index in [1.807, 2.05) is 0 Å². The summed E-state index contributed by atoms with van der Waals surface area (Å²) in [6, 6.07) is 4.58. The second-order valence-electron chi connectivity index (χ2n) is 5.88. The molecule has 0 spiro atoms. The van der Waals surface area contributed by atoms with Crippen molar-refractivity contribution in [1.29, 1.82) is 0 Å². The van der Waals surface area contributed by atoms with E-state index in [4.69, 9.17) is 9.47 Å². The Hall–Kier alpha value is -2.97. The van der Waals surface area contributed by atoms with Crippen molar-refractivity contribution in [2.45, 2.75) is 25.4 Å². The maximum atomic E-state index is 13.5. The van der Waals surface area contributed by atoms with E-state index < -0.39 is 41.3 Å². The normalized spacial score (nSPS) is 19.7. The maximum absolute atomic E-state index is 13.5. The maximum Gasteiger partial charge on any atom is 0.513 e. The predicted molar refractivity (Wildman–Crippen MR) is 84.5 cm³/mol. The Bertz CT molecular complexity index is 853. The molecular weight excluding hydrogens is 369 g/mol. The van der Waals surface area contributed by atoms with Crippen molar-refractivity contribution < 1.29 is 42.1 Å². The predicted octanol–water partition coefficient (Wildman–Crippen LogP) is 3.99. The minimum absolute atomic E-state index is 0.0351. The van der Waals surface area contributed by atoms with Crippen LogP contribution in [0.1, 0.15) is 30.4 Å². The smallest absolute Gasteiger partial charge is 0.508 e. The third-order valence-electron chi connectivity index (χ3n) is 4.23. The van der Waals surface area contributed by atoms with Crippen LogP contribution in [-0.4, -0.2) is 30.4 Å². The van der Waals surface area contributed by atoms with E-state index >= 15 is 0 Å². The van der Waals surface area contributed by atoms with Gasteiger partial charge < -0.3 is 19.3 Å². The SMILES string of the molecule is CCOC(=O)OC1=C(O)CC2=C(C(=O)OC2)C1c1ccccc1C(F)(F)F. The van der Waals surface area contributed by atoms with Gasteiger partial charge in [-0.25, -0.2) is 9.59 Å². The third kappa shape index (κ3) is 3.49. The fraction of sp³-hybridized carbons (Fsp3) is 0.333. The van der Waals surface area contributed by atoms with Crippen LogP contribution < -0.4 is 0 Å². The molecule has 9 heteroatoms. The van der Waals surface area contributed by atoms with Crippen LogP contribution >= 0.6 is 0 Å². The van der Waals surface area contributed by atoms with E-state index in [9.17, 15) is 27.9 Å². The molecule has 1 aliphatic carbocycles. The highest BCUT2D eigenvalue weighted by molar-refractivity contribution is 5.95. The topological polar surface area (TPSA) is 82.1 Å². The van der Waals surface area contributed by atoms with Crippen molar-refractivity contribution in [3.05, 3.63) is 58.1 Å². The molecule has 1 N–H and O–H groups in total. The van der Waals surface area contributed by atoms with Crippen LogP contribution in [0.25, 0.3) is 0 Å². The van der Waals surface area contributed by atoms with E-state index in [0.29, 0.717) is 5.57 Å². The van der Waals surface area contributed by atoms with Crippen LogP contribution in [-0.2, 0) is 25.2 Å². The summed E-state index contributed by atoms with van der Waals surface area (Å²) in [4.78, 5) is 23.9. The van der Waals surface area contributed by atoms with Gasteiger partial charge in [0, 0.05) is 6.42 Å². The lowest BCUT2D eigenvalue weighted by molar-refractivity contribution is -0.139. The molecule has 0 radical (unpaired) electrons. The second kappa shape index (κ2) is 6.98. The van der Waals surface area contributed by atoms with Crippen molar-refractivity contribution in [3.8, 4) is 0 Å². The number of carbonyl (C=O) groups excluding carboxylic acids is 2. The summed E-state index contributed by atoms with van der Waals surface area (Å²) in [6.45, 7) is 1.34. The molecule has 2 aliphatic rings. The molecule has 27 heavy (non-hydrogen) atoms. The first-order valence-electron chi connectivity index (χ1n) is 8.05. The summed E-state index contributed by atoms with van der Waals surface area (Å²) in [5.74, 6) is -3.18. The zero-order valence-corrected chi connectivity index (χ0v) is 14.1. The molecule has 0 saturated carbocycles. The van der Waals surface area contributed by atoms with E-state index in [1.54, 1.807) is 0 Å². The van der Waals surface area contributed by atoms with Crippen molar-refractivity contribution >= 4 is 12.1 Å². The Balaban J connectivity index is 2.16. The number of allylic oxidation sites excluding steroid dienone is 2. The minimum Gasteiger partial charge on any atom is -0.508 e. The van der Waals surface area contributed by atoms with Gasteiger partial charge in [0.2, 0.25) is 0 Å². The first-order chi connectivity index (χ1) is 12.7. The standard InChI is InChI=1S/C18H15F3O6/c1-2-25-17(24)27-15-12(22)7-9-8-26-16(23)13(9)14(15)10-5-3-4-6-11(10)18(19,20)21/h3-6,14,22H,2,7-8H2,1H3. The summed E-state index contributed by atoms with van der Waals surface area (Å²) in [6.07, 6.45) is -6.08. The molecule has 6 nitrogen and oxygen atoms in total. The molecule has 1 aromatic rings. The van der Waals surface area contributed by atoms with Gasteiger partial charge in [-0.05, 0) is 24.1 Å². The van der Waals surface area contributed by atoms with Gasteiger partial charge in [-0.3, -0.25) is 0 Å². The molecule has 0 saturated heterocycles. The molecule has 144 valence electrons. The average molecular weight is 384 g/mol. The Morgan fingerprint density at radius 3 is 2.70 bits per heavy atom. The van der Waals surface area contributed by atoms with Gasteiger partial charge in [-0.2, -0.15) is 13.2 Å². The average Bonchev–Trinajstić information content (AvgIpc) is 2.95. The molecule has 3 rings (SSSR count). The first-order valence-corrected chi connectivity index (χ1v) is 8.05. The minimum atomic E-state index is -4.72. The van der Waals surface area contributed by atoms with Crippen LogP contribution in [0.4, 0.5) is 18.0 Å². The lowest BCUT2D eigenvalue weighted by Crippen LogP contribution is -2.24. The zero-order chi connectivity index (χ0) is 19.8. The van der Waals surface area contributed by atoms with Gasteiger partial charge in [0.05, 0.1) is 23.7 Å². The number of aliphatic hydroxyl groups is 1. The molecule has 1 atom stereocenters. The summed E-state index contributed by atoms with van der Waals surface area (Å²) in [7, 11) is 0. The molecular formula is C18H15F3O6. The number of esters is 1. The highest BCUT2D eigenvalue weighted by Crippen LogP contribution is 2.47. The largest absolute Gasteiger partial charge is 0.513 e. The molecule has 0 bridgehead atoms. The van der Waals surface area contributed by atoms with Crippen molar-refractivity contribution in [2.75, 3.05) is 13.2 Å². The van der Waals surface area contributed by atoms with E-state index in [-0.39, 0.29) is 30.8 Å². The van der Waals surface area contributed by atoms with Gasteiger partial charge in [0.1, 0.15) is 12.4 Å². The Morgan fingerprint density at radius 2 is 2.04 bits per heavy atom. The van der Waals surface area contributed by atoms with E-state index in [0.717, 1.165) is 12.1 Å². The number of carbonyl (C=O) groups is 2. The zero-order valence-electron chi connectivity index (χ0n) is 14.1. The molecule has 1 unspecified atom stereocenters. The number of hydrogen-bond acceptors (Lipinski definition) is 6. The van der Waals surface area contributed by atoms with Crippen LogP contribution in [0.15, 0.2) is 46.9 Å². The lowest BCUT2D eigenvalue weighted by Gasteiger charge is -2.27. The highest BCUT2D eigenvalue weighted by atomic mass is 19.4. The Labute approximate surface area is 151 Å². The van der Waals surface area contributed by atoms with Crippen LogP contribution in [0, 0.1) is 0 Å². The number of alkyl halides is 3. The number of cyclic esters (lactones) is 1. The van der Waals surface area contributed by atoms with E-state index in [1.165, 1.54) is 19.1 Å². The summed E-state index contributed by atoms with van der Waals surface area (Å²) >= 11 is 0. The summed E-state index contributed by atoms with van der Waals surface area (Å²) < 4.78 is 55.1. The number of aliphatic hydroxyl groups excluding tert-OH is 1. The number of hydrogen-bond donors (Lipinski definition) is 1. The van der Waals surface area contributed by atoms with Crippen LogP contribution in [0.2, 0.25) is 0 Å². The van der Waals surface area contributed by atoms with Gasteiger partial charge in [-0.15, -0.1) is 0 Å². The molecule has 0 fully saturated rings. The lowest BCUT2D eigenvalue weighted by atomic mass is 9.80. The monoisotopic (exact) mass is 384 g/mol. The molecule has 1 heterocycles. The fourth-order valence-corrected chi connectivity index (χ4v) is 3.17. The van der Waals surface area contributed by atoms with E-state index in [2.05, 4.69) is 4.74 Å². The first kappa shape index (κ1) is 18.8. The van der Waals surface area contributed by atoms with Gasteiger partial charge in [0.15, 0.2) is 5.76 Å². The van der Waals surface area contributed by atoms with Gasteiger partial charge in [0.25, 0.3) is 0 Å². The summed E-state index contributed by atoms with van der Waals surface area (Å²) in [5.41, 5.74) is -1.07. The van der Waals surface area contributed by atoms with Crippen molar-refractivity contribution in [3.63, 3.8) is 0 Å².